The van der Waals surface area contributed by atoms with Gasteiger partial charge in [0.1, 0.15) is 9.88 Å². The molecule has 20 heavy (non-hydrogen) atoms. The van der Waals surface area contributed by atoms with Gasteiger partial charge in [0.2, 0.25) is 0 Å². The van der Waals surface area contributed by atoms with Crippen LogP contribution in [0.15, 0.2) is 30.3 Å². The molecule has 0 unspecified atom stereocenters. The summed E-state index contributed by atoms with van der Waals surface area (Å²) < 4.78 is 0. The van der Waals surface area contributed by atoms with Crippen molar-refractivity contribution in [1.82, 2.24) is 4.98 Å². The highest BCUT2D eigenvalue weighted by atomic mass is 32.1. The lowest BCUT2D eigenvalue weighted by molar-refractivity contribution is 0.0701. The maximum Gasteiger partial charge on any atom is 0.347 e. The molecule has 1 N–H and O–H groups in total. The Labute approximate surface area is 123 Å². The summed E-state index contributed by atoms with van der Waals surface area (Å²) in [6.07, 6.45) is 1.80. The molecule has 0 bridgehead atoms. The van der Waals surface area contributed by atoms with E-state index in [9.17, 15) is 9.90 Å². The van der Waals surface area contributed by atoms with Gasteiger partial charge < -0.3 is 5.11 Å². The molecule has 0 atom stereocenters. The first-order chi connectivity index (χ1) is 9.55. The third-order valence-electron chi connectivity index (χ3n) is 3.93. The molecule has 2 aromatic rings. The number of nitrogens with zero attached hydrogens (tertiary/aromatic N) is 1. The van der Waals surface area contributed by atoms with Crippen LogP contribution in [0.3, 0.4) is 0 Å². The SMILES string of the molecule is CCC(CC)(c1ccccc1)c1nc(C)c(C(=O)O)s1. The summed E-state index contributed by atoms with van der Waals surface area (Å²) in [5.41, 5.74) is 1.63. The Morgan fingerprint density at radius 2 is 1.85 bits per heavy atom. The van der Waals surface area contributed by atoms with E-state index in [1.54, 1.807) is 6.92 Å². The number of rotatable bonds is 5. The van der Waals surface area contributed by atoms with Gasteiger partial charge in [0.05, 0.1) is 5.69 Å². The van der Waals surface area contributed by atoms with Gasteiger partial charge in [0.15, 0.2) is 0 Å². The van der Waals surface area contributed by atoms with Crippen LogP contribution in [0.25, 0.3) is 0 Å². The number of carboxylic acid groups (broad SMARTS) is 1. The van der Waals surface area contributed by atoms with Crippen LogP contribution >= 0.6 is 11.3 Å². The van der Waals surface area contributed by atoms with E-state index in [4.69, 9.17) is 0 Å². The van der Waals surface area contributed by atoms with Gasteiger partial charge in [0.25, 0.3) is 0 Å². The summed E-state index contributed by atoms with van der Waals surface area (Å²) in [5, 5.41) is 10.1. The fourth-order valence-electron chi connectivity index (χ4n) is 2.64. The van der Waals surface area contributed by atoms with E-state index < -0.39 is 5.97 Å². The quantitative estimate of drug-likeness (QED) is 0.895. The molecule has 3 nitrogen and oxygen atoms in total. The lowest BCUT2D eigenvalue weighted by atomic mass is 9.76. The topological polar surface area (TPSA) is 50.2 Å². The Morgan fingerprint density at radius 3 is 2.30 bits per heavy atom. The van der Waals surface area contributed by atoms with Gasteiger partial charge >= 0.3 is 5.97 Å². The summed E-state index contributed by atoms with van der Waals surface area (Å²) in [7, 11) is 0. The summed E-state index contributed by atoms with van der Waals surface area (Å²) in [6.45, 7) is 6.03. The molecule has 1 heterocycles. The van der Waals surface area contributed by atoms with E-state index in [-0.39, 0.29) is 5.41 Å². The van der Waals surface area contributed by atoms with Crippen LogP contribution in [0.1, 0.15) is 52.6 Å². The van der Waals surface area contributed by atoms with Crippen LogP contribution in [0.5, 0.6) is 0 Å². The Balaban J connectivity index is 2.59. The van der Waals surface area contributed by atoms with E-state index in [1.165, 1.54) is 16.9 Å². The molecule has 0 fully saturated rings. The molecule has 0 spiro atoms. The number of carbonyl (C=O) groups is 1. The molecule has 106 valence electrons. The molecular formula is C16H19NO2S. The fraction of sp³-hybridized carbons (Fsp3) is 0.375. The molecule has 0 aliphatic rings. The number of hydrogen-bond acceptors (Lipinski definition) is 3. The Morgan fingerprint density at radius 1 is 1.25 bits per heavy atom. The van der Waals surface area contributed by atoms with E-state index in [2.05, 4.69) is 31.0 Å². The number of aromatic carboxylic acids is 1. The van der Waals surface area contributed by atoms with Crippen molar-refractivity contribution in [3.05, 3.63) is 51.5 Å². The highest BCUT2D eigenvalue weighted by molar-refractivity contribution is 7.13. The zero-order chi connectivity index (χ0) is 14.8. The molecule has 1 aromatic heterocycles. The summed E-state index contributed by atoms with van der Waals surface area (Å²) in [4.78, 5) is 16.2. The van der Waals surface area contributed by atoms with Gasteiger partial charge in [-0.05, 0) is 25.3 Å². The Bertz CT molecular complexity index is 600. The van der Waals surface area contributed by atoms with Crippen LogP contribution < -0.4 is 0 Å². The predicted molar refractivity (Wildman–Crippen MR) is 81.6 cm³/mol. The molecule has 0 radical (unpaired) electrons. The second-order valence-electron chi connectivity index (χ2n) is 4.89. The van der Waals surface area contributed by atoms with E-state index in [0.29, 0.717) is 10.6 Å². The van der Waals surface area contributed by atoms with E-state index in [1.807, 2.05) is 18.2 Å². The van der Waals surface area contributed by atoms with Crippen LogP contribution in [0.4, 0.5) is 0 Å². The van der Waals surface area contributed by atoms with Crippen LogP contribution in [-0.4, -0.2) is 16.1 Å². The van der Waals surface area contributed by atoms with Crippen molar-refractivity contribution in [2.45, 2.75) is 39.0 Å². The smallest absolute Gasteiger partial charge is 0.347 e. The minimum Gasteiger partial charge on any atom is -0.477 e. The number of thiazole rings is 1. The summed E-state index contributed by atoms with van der Waals surface area (Å²) in [5.74, 6) is -0.889. The van der Waals surface area contributed by atoms with Crippen molar-refractivity contribution < 1.29 is 9.90 Å². The maximum absolute atomic E-state index is 11.2. The molecule has 2 rings (SSSR count). The fourth-order valence-corrected chi connectivity index (χ4v) is 3.90. The Kier molecular flexibility index (Phi) is 4.23. The number of hydrogen-bond donors (Lipinski definition) is 1. The van der Waals surface area contributed by atoms with E-state index >= 15 is 0 Å². The van der Waals surface area contributed by atoms with Crippen molar-refractivity contribution in [3.8, 4) is 0 Å². The van der Waals surface area contributed by atoms with Crippen LogP contribution in [0, 0.1) is 6.92 Å². The maximum atomic E-state index is 11.2. The number of aromatic nitrogens is 1. The van der Waals surface area contributed by atoms with Crippen molar-refractivity contribution in [2.75, 3.05) is 0 Å². The first kappa shape index (κ1) is 14.7. The molecular weight excluding hydrogens is 270 g/mol. The number of carboxylic acids is 1. The van der Waals surface area contributed by atoms with Gasteiger partial charge in [-0.1, -0.05) is 44.2 Å². The second kappa shape index (κ2) is 5.75. The molecule has 0 aliphatic carbocycles. The Hall–Kier alpha value is -1.68. The van der Waals surface area contributed by atoms with Crippen molar-refractivity contribution in [1.29, 1.82) is 0 Å². The van der Waals surface area contributed by atoms with Gasteiger partial charge in [-0.2, -0.15) is 0 Å². The second-order valence-corrected chi connectivity index (χ2v) is 5.89. The molecule has 0 saturated heterocycles. The minimum atomic E-state index is -0.889. The highest BCUT2D eigenvalue weighted by Crippen LogP contribution is 2.41. The molecule has 0 aliphatic heterocycles. The largest absolute Gasteiger partial charge is 0.477 e. The molecule has 0 amide bonds. The lowest BCUT2D eigenvalue weighted by Gasteiger charge is -2.30. The zero-order valence-corrected chi connectivity index (χ0v) is 12.8. The van der Waals surface area contributed by atoms with Gasteiger partial charge in [-0.3, -0.25) is 0 Å². The van der Waals surface area contributed by atoms with Gasteiger partial charge in [-0.15, -0.1) is 11.3 Å². The zero-order valence-electron chi connectivity index (χ0n) is 12.0. The summed E-state index contributed by atoms with van der Waals surface area (Å²) in [6, 6.07) is 10.2. The third-order valence-corrected chi connectivity index (χ3v) is 5.28. The monoisotopic (exact) mass is 289 g/mol. The minimum absolute atomic E-state index is 0.190. The highest BCUT2D eigenvalue weighted by Gasteiger charge is 2.35. The average molecular weight is 289 g/mol. The molecule has 1 aromatic carbocycles. The van der Waals surface area contributed by atoms with Gasteiger partial charge in [0, 0.05) is 5.41 Å². The normalized spacial score (nSPS) is 11.6. The van der Waals surface area contributed by atoms with Crippen molar-refractivity contribution in [3.63, 3.8) is 0 Å². The number of aryl methyl sites for hydroxylation is 1. The average Bonchev–Trinajstić information content (AvgIpc) is 2.85. The van der Waals surface area contributed by atoms with Gasteiger partial charge in [-0.25, -0.2) is 9.78 Å². The standard InChI is InChI=1S/C16H19NO2S/c1-4-16(5-2,12-9-7-6-8-10-12)15-17-11(3)13(20-15)14(18)19/h6-10H,4-5H2,1-3H3,(H,18,19). The predicted octanol–water partition coefficient (Wildman–Crippen LogP) is 4.26. The van der Waals surface area contributed by atoms with Crippen molar-refractivity contribution >= 4 is 17.3 Å². The van der Waals surface area contributed by atoms with Crippen molar-refractivity contribution in [2.24, 2.45) is 0 Å². The first-order valence-corrected chi connectivity index (χ1v) is 7.63. The molecule has 4 heteroatoms. The third kappa shape index (κ3) is 2.36. The molecule has 0 saturated carbocycles. The lowest BCUT2D eigenvalue weighted by Crippen LogP contribution is -2.25. The first-order valence-electron chi connectivity index (χ1n) is 6.82. The van der Waals surface area contributed by atoms with Crippen LogP contribution in [0.2, 0.25) is 0 Å². The van der Waals surface area contributed by atoms with Crippen LogP contribution in [-0.2, 0) is 5.41 Å². The number of benzene rings is 1. The summed E-state index contributed by atoms with van der Waals surface area (Å²) >= 11 is 1.31. The van der Waals surface area contributed by atoms with E-state index in [0.717, 1.165) is 17.8 Å².